The van der Waals surface area contributed by atoms with Gasteiger partial charge in [0.1, 0.15) is 0 Å². The Labute approximate surface area is 87.3 Å². The maximum atomic E-state index is 11.1. The lowest BCUT2D eigenvalue weighted by atomic mass is 10.3. The summed E-state index contributed by atoms with van der Waals surface area (Å²) in [7, 11) is 0. The van der Waals surface area contributed by atoms with Crippen molar-refractivity contribution in [1.29, 1.82) is 0 Å². The van der Waals surface area contributed by atoms with Crippen molar-refractivity contribution >= 4 is 11.9 Å². The predicted octanol–water partition coefficient (Wildman–Crippen LogP) is 0.907. The molecule has 0 aliphatic carbocycles. The van der Waals surface area contributed by atoms with E-state index in [1.165, 1.54) is 12.2 Å². The number of cyclic esters (lactones) is 2. The Kier molecular flexibility index (Phi) is 4.05. The van der Waals surface area contributed by atoms with Gasteiger partial charge in [-0.15, -0.1) is 0 Å². The number of carbonyl (C=O) groups excluding carboxylic acids is 2. The van der Waals surface area contributed by atoms with E-state index in [2.05, 4.69) is 13.2 Å². The van der Waals surface area contributed by atoms with Crippen molar-refractivity contribution in [1.82, 2.24) is 0 Å². The van der Waals surface area contributed by atoms with Crippen LogP contribution in [-0.2, 0) is 23.8 Å². The Balaban J connectivity index is 2.73. The third-order valence-electron chi connectivity index (χ3n) is 1.68. The molecule has 82 valence electrons. The lowest BCUT2D eigenvalue weighted by Crippen LogP contribution is -2.25. The fourth-order valence-corrected chi connectivity index (χ4v) is 0.976. The van der Waals surface area contributed by atoms with E-state index in [0.29, 0.717) is 0 Å². The van der Waals surface area contributed by atoms with E-state index in [1.807, 2.05) is 0 Å². The molecule has 1 rings (SSSR count). The first-order chi connectivity index (χ1) is 7.15. The van der Waals surface area contributed by atoms with Crippen LogP contribution in [0.3, 0.4) is 0 Å². The van der Waals surface area contributed by atoms with E-state index < -0.39 is 24.5 Å². The van der Waals surface area contributed by atoms with Crippen molar-refractivity contribution in [3.05, 3.63) is 25.3 Å². The van der Waals surface area contributed by atoms with Crippen molar-refractivity contribution in [2.24, 2.45) is 0 Å². The zero-order chi connectivity index (χ0) is 11.3. The van der Waals surface area contributed by atoms with Gasteiger partial charge < -0.3 is 9.47 Å². The summed E-state index contributed by atoms with van der Waals surface area (Å²) in [5.74, 6) is -1.05. The summed E-state index contributed by atoms with van der Waals surface area (Å²) in [5.41, 5.74) is 0. The Bertz CT molecular complexity index is 256. The Morgan fingerprint density at radius 2 is 1.40 bits per heavy atom. The topological polar surface area (TPSA) is 61.8 Å². The molecule has 0 aromatic heterocycles. The van der Waals surface area contributed by atoms with Gasteiger partial charge in [0.2, 0.25) is 12.6 Å². The molecule has 1 saturated heterocycles. The largest absolute Gasteiger partial charge is 0.432 e. The predicted molar refractivity (Wildman–Crippen MR) is 50.5 cm³/mol. The third-order valence-corrected chi connectivity index (χ3v) is 1.68. The van der Waals surface area contributed by atoms with Crippen LogP contribution in [0.2, 0.25) is 0 Å². The van der Waals surface area contributed by atoms with Crippen LogP contribution in [0.5, 0.6) is 0 Å². The quantitative estimate of drug-likeness (QED) is 0.503. The van der Waals surface area contributed by atoms with E-state index in [9.17, 15) is 9.59 Å². The lowest BCUT2D eigenvalue weighted by molar-refractivity contribution is -0.206. The zero-order valence-electron chi connectivity index (χ0n) is 8.18. The molecule has 0 bridgehead atoms. The number of rotatable bonds is 2. The van der Waals surface area contributed by atoms with Gasteiger partial charge in [0.05, 0.1) is 12.8 Å². The number of carbonyl (C=O) groups is 2. The Hall–Kier alpha value is -1.62. The van der Waals surface area contributed by atoms with Gasteiger partial charge in [0, 0.05) is 0 Å². The van der Waals surface area contributed by atoms with Gasteiger partial charge in [-0.1, -0.05) is 13.2 Å². The second-order valence-electron chi connectivity index (χ2n) is 2.82. The highest BCUT2D eigenvalue weighted by Gasteiger charge is 2.22. The van der Waals surface area contributed by atoms with Gasteiger partial charge in [-0.05, 0) is 12.2 Å². The average molecular weight is 212 g/mol. The summed E-state index contributed by atoms with van der Waals surface area (Å²) in [6.45, 7) is 6.86. The summed E-state index contributed by atoms with van der Waals surface area (Å²) in [5, 5.41) is 0. The van der Waals surface area contributed by atoms with Gasteiger partial charge in [0.25, 0.3) is 0 Å². The van der Waals surface area contributed by atoms with Crippen LogP contribution in [0.15, 0.2) is 25.3 Å². The summed E-state index contributed by atoms with van der Waals surface area (Å²) >= 11 is 0. The number of hydrogen-bond donors (Lipinski definition) is 0. The molecule has 0 aromatic rings. The molecule has 2 atom stereocenters. The minimum absolute atomic E-state index is 0.0314. The monoisotopic (exact) mass is 212 g/mol. The minimum Gasteiger partial charge on any atom is -0.432 e. The van der Waals surface area contributed by atoms with Crippen molar-refractivity contribution < 1.29 is 23.8 Å². The maximum absolute atomic E-state index is 11.1. The van der Waals surface area contributed by atoms with Gasteiger partial charge in [-0.25, -0.2) is 0 Å². The molecule has 1 fully saturated rings. The van der Waals surface area contributed by atoms with Crippen LogP contribution in [0.25, 0.3) is 0 Å². The highest BCUT2D eigenvalue weighted by molar-refractivity contribution is 5.78. The fraction of sp³-hybridized carbons (Fsp3) is 0.400. The summed E-state index contributed by atoms with van der Waals surface area (Å²) in [4.78, 5) is 22.2. The average Bonchev–Trinajstić information content (AvgIpc) is 2.29. The van der Waals surface area contributed by atoms with Crippen molar-refractivity contribution in [2.45, 2.75) is 25.4 Å². The van der Waals surface area contributed by atoms with Crippen LogP contribution in [0.1, 0.15) is 12.8 Å². The second kappa shape index (κ2) is 5.31. The Morgan fingerprint density at radius 3 is 1.73 bits per heavy atom. The van der Waals surface area contributed by atoms with Crippen molar-refractivity contribution in [3.63, 3.8) is 0 Å². The summed E-state index contributed by atoms with van der Waals surface area (Å²) < 4.78 is 14.8. The molecule has 0 N–H and O–H groups in total. The first-order valence-corrected chi connectivity index (χ1v) is 4.45. The van der Waals surface area contributed by atoms with Gasteiger partial charge >= 0.3 is 11.9 Å². The van der Waals surface area contributed by atoms with Gasteiger partial charge in [0.15, 0.2) is 0 Å². The van der Waals surface area contributed by atoms with E-state index >= 15 is 0 Å². The molecule has 0 saturated carbocycles. The summed E-state index contributed by atoms with van der Waals surface area (Å²) in [6, 6.07) is 0. The molecule has 2 unspecified atom stereocenters. The van der Waals surface area contributed by atoms with Crippen LogP contribution in [0.4, 0.5) is 0 Å². The number of hydrogen-bond acceptors (Lipinski definition) is 5. The molecular weight excluding hydrogens is 200 g/mol. The first kappa shape index (κ1) is 11.5. The third kappa shape index (κ3) is 3.55. The van der Waals surface area contributed by atoms with Crippen LogP contribution >= 0.6 is 0 Å². The maximum Gasteiger partial charge on any atom is 0.308 e. The zero-order valence-corrected chi connectivity index (χ0v) is 8.18. The minimum atomic E-state index is -0.925. The van der Waals surface area contributed by atoms with E-state index in [1.54, 1.807) is 0 Å². The molecule has 0 spiro atoms. The highest BCUT2D eigenvalue weighted by Crippen LogP contribution is 2.11. The van der Waals surface area contributed by atoms with Crippen LogP contribution in [0, 0.1) is 0 Å². The van der Waals surface area contributed by atoms with Crippen molar-refractivity contribution in [3.8, 4) is 0 Å². The lowest BCUT2D eigenvalue weighted by Gasteiger charge is -2.18. The Morgan fingerprint density at radius 1 is 1.00 bits per heavy atom. The normalized spacial score (nSPS) is 27.7. The van der Waals surface area contributed by atoms with E-state index in [-0.39, 0.29) is 12.8 Å². The SMILES string of the molecule is C=CC1OC(=O)CCC(=O)OC(C=C)O1. The van der Waals surface area contributed by atoms with E-state index in [4.69, 9.17) is 14.2 Å². The van der Waals surface area contributed by atoms with Crippen LogP contribution < -0.4 is 0 Å². The highest BCUT2D eigenvalue weighted by atomic mass is 16.8. The molecule has 1 aliphatic rings. The van der Waals surface area contributed by atoms with Gasteiger partial charge in [-0.3, -0.25) is 14.3 Å². The molecule has 0 aromatic carbocycles. The van der Waals surface area contributed by atoms with E-state index in [0.717, 1.165) is 0 Å². The molecule has 1 aliphatic heterocycles. The number of esters is 2. The smallest absolute Gasteiger partial charge is 0.308 e. The van der Waals surface area contributed by atoms with Crippen molar-refractivity contribution in [2.75, 3.05) is 0 Å². The molecule has 5 heteroatoms. The molecule has 15 heavy (non-hydrogen) atoms. The van der Waals surface area contributed by atoms with Crippen LogP contribution in [-0.4, -0.2) is 24.5 Å². The number of ether oxygens (including phenoxy) is 3. The fourth-order valence-electron chi connectivity index (χ4n) is 0.976. The molecule has 0 amide bonds. The molecule has 1 heterocycles. The van der Waals surface area contributed by atoms with Gasteiger partial charge in [-0.2, -0.15) is 0 Å². The first-order valence-electron chi connectivity index (χ1n) is 4.45. The molecule has 5 nitrogen and oxygen atoms in total. The standard InChI is InChI=1S/C10H12O5/c1-3-9-13-7(11)5-6-8(12)14-10(4-2)15-9/h3-4,9-10H,1-2,5-6H2. The second-order valence-corrected chi connectivity index (χ2v) is 2.82. The molecular formula is C10H12O5. The molecule has 0 radical (unpaired) electrons. The summed E-state index contributed by atoms with van der Waals surface area (Å²) in [6.07, 6.45) is 0.686.